The fourth-order valence-electron chi connectivity index (χ4n) is 3.29. The van der Waals surface area contributed by atoms with Gasteiger partial charge in [0.2, 0.25) is 0 Å². The van der Waals surface area contributed by atoms with Crippen molar-refractivity contribution >= 4 is 34.5 Å². The molecule has 0 bridgehead atoms. The van der Waals surface area contributed by atoms with Crippen molar-refractivity contribution in [1.29, 1.82) is 0 Å². The van der Waals surface area contributed by atoms with Crippen molar-refractivity contribution in [2.24, 2.45) is 5.92 Å². The maximum Gasteiger partial charge on any atom is 0.274 e. The highest BCUT2D eigenvalue weighted by molar-refractivity contribution is 7.20. The Hall–Kier alpha value is -2.62. The van der Waals surface area contributed by atoms with Gasteiger partial charge in [-0.25, -0.2) is 15.4 Å². The lowest BCUT2D eigenvalue weighted by Gasteiger charge is -2.23. The van der Waals surface area contributed by atoms with Crippen LogP contribution in [0.3, 0.4) is 0 Å². The van der Waals surface area contributed by atoms with E-state index in [4.69, 9.17) is 5.21 Å². The summed E-state index contributed by atoms with van der Waals surface area (Å²) in [5.74, 6) is -0.219. The van der Waals surface area contributed by atoms with Crippen LogP contribution >= 0.6 is 22.7 Å². The molecular formula is C21H22N4O3S2. The van der Waals surface area contributed by atoms with Gasteiger partial charge >= 0.3 is 0 Å². The van der Waals surface area contributed by atoms with Gasteiger partial charge in [0.05, 0.1) is 6.04 Å². The van der Waals surface area contributed by atoms with Crippen LogP contribution in [-0.2, 0) is 0 Å². The second-order valence-corrected chi connectivity index (χ2v) is 9.53. The Kier molecular flexibility index (Phi) is 5.94. The van der Waals surface area contributed by atoms with Gasteiger partial charge < -0.3 is 5.32 Å². The van der Waals surface area contributed by atoms with E-state index in [0.29, 0.717) is 17.2 Å². The Labute approximate surface area is 182 Å². The SMILES string of the molecule is CC(C)[C@H](NC(=O)c1nc(-c2nccs2)sc1C1CC1)c1ccc(C(=O)NO)cc1. The van der Waals surface area contributed by atoms with Gasteiger partial charge in [0.25, 0.3) is 11.8 Å². The molecule has 1 aromatic carbocycles. The zero-order valence-corrected chi connectivity index (χ0v) is 18.2. The molecule has 1 fully saturated rings. The number of hydroxylamine groups is 1. The molecule has 3 N–H and O–H groups in total. The van der Waals surface area contributed by atoms with E-state index in [1.165, 1.54) is 11.3 Å². The van der Waals surface area contributed by atoms with Crippen molar-refractivity contribution in [3.05, 3.63) is 57.5 Å². The third-order valence-corrected chi connectivity index (χ3v) is 7.15. The minimum Gasteiger partial charge on any atom is -0.344 e. The van der Waals surface area contributed by atoms with Crippen molar-refractivity contribution in [2.45, 2.75) is 38.6 Å². The first kappa shape index (κ1) is 20.6. The number of amides is 2. The first-order valence-corrected chi connectivity index (χ1v) is 11.4. The number of benzene rings is 1. The van der Waals surface area contributed by atoms with E-state index in [1.54, 1.807) is 47.3 Å². The van der Waals surface area contributed by atoms with Gasteiger partial charge in [-0.1, -0.05) is 26.0 Å². The molecule has 7 nitrogen and oxygen atoms in total. The van der Waals surface area contributed by atoms with E-state index in [2.05, 4.69) is 15.3 Å². The van der Waals surface area contributed by atoms with E-state index in [1.807, 2.05) is 19.2 Å². The lowest BCUT2D eigenvalue weighted by Crippen LogP contribution is -2.32. The molecule has 0 radical (unpaired) electrons. The highest BCUT2D eigenvalue weighted by atomic mass is 32.1. The van der Waals surface area contributed by atoms with Crippen molar-refractivity contribution in [3.8, 4) is 10.0 Å². The number of thiazole rings is 2. The average molecular weight is 443 g/mol. The summed E-state index contributed by atoms with van der Waals surface area (Å²) in [7, 11) is 0. The third kappa shape index (κ3) is 4.28. The summed E-state index contributed by atoms with van der Waals surface area (Å²) in [5, 5.41) is 15.4. The van der Waals surface area contributed by atoms with Crippen LogP contribution < -0.4 is 10.8 Å². The maximum atomic E-state index is 13.2. The van der Waals surface area contributed by atoms with E-state index < -0.39 is 5.91 Å². The van der Waals surface area contributed by atoms with E-state index in [-0.39, 0.29) is 17.9 Å². The number of nitrogens with one attached hydrogen (secondary N) is 2. The molecule has 0 spiro atoms. The molecule has 9 heteroatoms. The first-order chi connectivity index (χ1) is 14.5. The Balaban J connectivity index is 1.59. The number of carbonyl (C=O) groups excluding carboxylic acids is 2. The molecule has 30 heavy (non-hydrogen) atoms. The highest BCUT2D eigenvalue weighted by Crippen LogP contribution is 2.46. The summed E-state index contributed by atoms with van der Waals surface area (Å²) in [5.41, 5.74) is 3.35. The summed E-state index contributed by atoms with van der Waals surface area (Å²) in [6.07, 6.45) is 3.91. The van der Waals surface area contributed by atoms with Gasteiger partial charge in [-0.05, 0) is 42.4 Å². The Bertz CT molecular complexity index is 1040. The average Bonchev–Trinajstić information content (AvgIpc) is 3.26. The molecule has 4 rings (SSSR count). The molecule has 2 heterocycles. The van der Waals surface area contributed by atoms with Crippen molar-refractivity contribution in [2.75, 3.05) is 0 Å². The van der Waals surface area contributed by atoms with Crippen LogP contribution in [0.4, 0.5) is 0 Å². The van der Waals surface area contributed by atoms with Crippen molar-refractivity contribution in [3.63, 3.8) is 0 Å². The number of rotatable bonds is 7. The van der Waals surface area contributed by atoms with Gasteiger partial charge in [-0.2, -0.15) is 0 Å². The fourth-order valence-corrected chi connectivity index (χ4v) is 5.20. The fraction of sp³-hybridized carbons (Fsp3) is 0.333. The third-order valence-electron chi connectivity index (χ3n) is 5.02. The Morgan fingerprint density at radius 1 is 1.13 bits per heavy atom. The summed E-state index contributed by atoms with van der Waals surface area (Å²) >= 11 is 3.08. The standard InChI is InChI=1S/C21H22N4O3S2/c1-11(2)15(12-3-7-14(8-4-12)18(26)25-28)23-19(27)16-17(13-5-6-13)30-21(24-16)20-22-9-10-29-20/h3-4,7-11,13,15,28H,5-6H2,1-2H3,(H,23,27)(H,25,26)/t15-/m0/s1. The van der Waals surface area contributed by atoms with Crippen LogP contribution in [0.1, 0.15) is 69.9 Å². The topological polar surface area (TPSA) is 104 Å². The molecule has 1 saturated carbocycles. The number of carbonyl (C=O) groups is 2. The summed E-state index contributed by atoms with van der Waals surface area (Å²) in [6, 6.07) is 6.60. The number of hydrogen-bond acceptors (Lipinski definition) is 7. The van der Waals surface area contributed by atoms with Gasteiger partial charge in [0.15, 0.2) is 10.0 Å². The van der Waals surface area contributed by atoms with Crippen LogP contribution in [0, 0.1) is 5.92 Å². The summed E-state index contributed by atoms with van der Waals surface area (Å²) < 4.78 is 0. The normalized spacial score (nSPS) is 14.5. The van der Waals surface area contributed by atoms with E-state index in [0.717, 1.165) is 33.3 Å². The predicted octanol–water partition coefficient (Wildman–Crippen LogP) is 4.39. The van der Waals surface area contributed by atoms with E-state index in [9.17, 15) is 9.59 Å². The lowest BCUT2D eigenvalue weighted by atomic mass is 9.95. The number of hydrogen-bond donors (Lipinski definition) is 3. The quantitative estimate of drug-likeness (QED) is 0.372. The molecule has 0 unspecified atom stereocenters. The lowest BCUT2D eigenvalue weighted by molar-refractivity contribution is 0.0706. The molecule has 3 aromatic rings. The number of nitrogens with zero attached hydrogens (tertiary/aromatic N) is 2. The molecular weight excluding hydrogens is 420 g/mol. The van der Waals surface area contributed by atoms with Crippen molar-refractivity contribution < 1.29 is 14.8 Å². The monoisotopic (exact) mass is 442 g/mol. The number of aromatic nitrogens is 2. The Morgan fingerprint density at radius 2 is 1.87 bits per heavy atom. The minimum atomic E-state index is -0.571. The molecule has 1 atom stereocenters. The second-order valence-electron chi connectivity index (χ2n) is 7.60. The summed E-state index contributed by atoms with van der Waals surface area (Å²) in [4.78, 5) is 34.8. The molecule has 2 amide bonds. The van der Waals surface area contributed by atoms with Crippen LogP contribution in [0.5, 0.6) is 0 Å². The van der Waals surface area contributed by atoms with Crippen molar-refractivity contribution in [1.82, 2.24) is 20.8 Å². The van der Waals surface area contributed by atoms with Gasteiger partial charge in [-0.3, -0.25) is 14.8 Å². The Morgan fingerprint density at radius 3 is 2.43 bits per heavy atom. The maximum absolute atomic E-state index is 13.2. The van der Waals surface area contributed by atoms with Crippen LogP contribution in [0.2, 0.25) is 0 Å². The molecule has 0 aliphatic heterocycles. The summed E-state index contributed by atoms with van der Waals surface area (Å²) in [6.45, 7) is 4.06. The molecule has 1 aliphatic carbocycles. The van der Waals surface area contributed by atoms with Crippen LogP contribution in [0.15, 0.2) is 35.8 Å². The molecule has 1 aliphatic rings. The highest BCUT2D eigenvalue weighted by Gasteiger charge is 2.33. The first-order valence-electron chi connectivity index (χ1n) is 9.73. The molecule has 2 aromatic heterocycles. The van der Waals surface area contributed by atoms with Gasteiger partial charge in [-0.15, -0.1) is 22.7 Å². The van der Waals surface area contributed by atoms with Crippen LogP contribution in [-0.4, -0.2) is 27.0 Å². The largest absolute Gasteiger partial charge is 0.344 e. The zero-order valence-electron chi connectivity index (χ0n) is 16.6. The van der Waals surface area contributed by atoms with E-state index >= 15 is 0 Å². The van der Waals surface area contributed by atoms with Crippen LogP contribution in [0.25, 0.3) is 10.0 Å². The minimum absolute atomic E-state index is 0.132. The molecule has 0 saturated heterocycles. The molecule has 156 valence electrons. The second kappa shape index (κ2) is 8.63. The predicted molar refractivity (Wildman–Crippen MR) is 116 cm³/mol. The van der Waals surface area contributed by atoms with Gasteiger partial charge in [0.1, 0.15) is 5.69 Å². The van der Waals surface area contributed by atoms with Gasteiger partial charge in [0, 0.05) is 22.0 Å². The smallest absolute Gasteiger partial charge is 0.274 e. The zero-order chi connectivity index (χ0) is 21.3.